The topological polar surface area (TPSA) is 12.4 Å². The lowest BCUT2D eigenvalue weighted by atomic mass is 10.0. The summed E-state index contributed by atoms with van der Waals surface area (Å²) in [5.41, 5.74) is 7.47. The van der Waals surface area contributed by atoms with Crippen LogP contribution in [-0.4, -0.2) is 6.21 Å². The molecule has 0 aromatic heterocycles. The highest BCUT2D eigenvalue weighted by atomic mass is 14.8. The molecule has 0 aliphatic rings. The van der Waals surface area contributed by atoms with Gasteiger partial charge in [-0.3, -0.25) is 4.99 Å². The van der Waals surface area contributed by atoms with Crippen LogP contribution in [0.15, 0.2) is 77.8 Å². The van der Waals surface area contributed by atoms with Crippen LogP contribution in [-0.2, 0) is 0 Å². The Labute approximate surface area is 144 Å². The van der Waals surface area contributed by atoms with Gasteiger partial charge in [-0.2, -0.15) is 0 Å². The zero-order valence-corrected chi connectivity index (χ0v) is 14.5. The maximum Gasteiger partial charge on any atom is 0.0723 e. The molecule has 24 heavy (non-hydrogen) atoms. The molecule has 3 aromatic rings. The van der Waals surface area contributed by atoms with E-state index in [9.17, 15) is 0 Å². The number of hydrogen-bond acceptors (Lipinski definition) is 1. The van der Waals surface area contributed by atoms with Gasteiger partial charge in [-0.1, -0.05) is 72.3 Å². The first kappa shape index (κ1) is 16.2. The lowest BCUT2D eigenvalue weighted by molar-refractivity contribution is 0.816. The molecule has 0 radical (unpaired) electrons. The first-order valence-corrected chi connectivity index (χ1v) is 8.39. The molecule has 0 amide bonds. The molecule has 0 fully saturated rings. The molecule has 0 N–H and O–H groups in total. The second-order valence-corrected chi connectivity index (χ2v) is 6.31. The van der Waals surface area contributed by atoms with Gasteiger partial charge in [0.2, 0.25) is 0 Å². The molecule has 0 spiro atoms. The van der Waals surface area contributed by atoms with Gasteiger partial charge in [0.05, 0.1) is 6.04 Å². The molecule has 1 unspecified atom stereocenters. The van der Waals surface area contributed by atoms with Crippen molar-refractivity contribution in [2.24, 2.45) is 4.99 Å². The predicted molar refractivity (Wildman–Crippen MR) is 104 cm³/mol. The van der Waals surface area contributed by atoms with E-state index in [1.54, 1.807) is 0 Å². The summed E-state index contributed by atoms with van der Waals surface area (Å²) in [6, 6.07) is 25.7. The second kappa shape index (κ2) is 7.27. The number of hydrogen-bond donors (Lipinski definition) is 0. The van der Waals surface area contributed by atoms with Crippen LogP contribution >= 0.6 is 0 Å². The molecule has 0 bridgehead atoms. The lowest BCUT2D eigenvalue weighted by Crippen LogP contribution is -1.95. The fraction of sp³-hybridized carbons (Fsp3) is 0.174. The van der Waals surface area contributed by atoms with Crippen molar-refractivity contribution in [1.82, 2.24) is 0 Å². The summed E-state index contributed by atoms with van der Waals surface area (Å²) in [6.07, 6.45) is 1.98. The molecule has 120 valence electrons. The Kier molecular flexibility index (Phi) is 4.90. The van der Waals surface area contributed by atoms with Gasteiger partial charge in [0.1, 0.15) is 0 Å². The van der Waals surface area contributed by atoms with E-state index in [4.69, 9.17) is 4.99 Å². The summed E-state index contributed by atoms with van der Waals surface area (Å²) >= 11 is 0. The average molecular weight is 313 g/mol. The SMILES string of the molecule is Cc1ccc(C(C)/N=C/c2cccc(-c3ccccc3)c2)c(C)c1. The molecule has 1 heteroatoms. The van der Waals surface area contributed by atoms with E-state index in [1.807, 2.05) is 12.3 Å². The highest BCUT2D eigenvalue weighted by Gasteiger charge is 2.06. The van der Waals surface area contributed by atoms with E-state index in [0.717, 1.165) is 5.56 Å². The van der Waals surface area contributed by atoms with E-state index >= 15 is 0 Å². The number of rotatable bonds is 4. The molecular weight excluding hydrogens is 290 g/mol. The first-order chi connectivity index (χ1) is 11.6. The van der Waals surface area contributed by atoms with Crippen LogP contribution in [0.4, 0.5) is 0 Å². The van der Waals surface area contributed by atoms with Gasteiger partial charge >= 0.3 is 0 Å². The summed E-state index contributed by atoms with van der Waals surface area (Å²) in [4.78, 5) is 4.76. The van der Waals surface area contributed by atoms with Gasteiger partial charge in [0, 0.05) is 6.21 Å². The summed E-state index contributed by atoms with van der Waals surface area (Å²) in [6.45, 7) is 6.43. The lowest BCUT2D eigenvalue weighted by Gasteiger charge is -2.11. The van der Waals surface area contributed by atoms with Gasteiger partial charge in [-0.15, -0.1) is 0 Å². The minimum Gasteiger partial charge on any atom is -0.285 e. The van der Waals surface area contributed by atoms with Crippen molar-refractivity contribution in [1.29, 1.82) is 0 Å². The van der Waals surface area contributed by atoms with E-state index in [0.29, 0.717) is 0 Å². The Hall–Kier alpha value is -2.67. The molecule has 0 aliphatic heterocycles. The van der Waals surface area contributed by atoms with Crippen LogP contribution in [0.1, 0.15) is 35.2 Å². The van der Waals surface area contributed by atoms with Crippen LogP contribution in [0, 0.1) is 13.8 Å². The third-order valence-corrected chi connectivity index (χ3v) is 4.32. The molecular formula is C23H23N. The fourth-order valence-electron chi connectivity index (χ4n) is 3.00. The number of nitrogens with zero attached hydrogens (tertiary/aromatic N) is 1. The van der Waals surface area contributed by atoms with Crippen molar-refractivity contribution in [3.05, 3.63) is 95.1 Å². The maximum atomic E-state index is 4.76. The van der Waals surface area contributed by atoms with E-state index < -0.39 is 0 Å². The average Bonchev–Trinajstić information content (AvgIpc) is 2.61. The van der Waals surface area contributed by atoms with E-state index in [1.165, 1.54) is 27.8 Å². The van der Waals surface area contributed by atoms with Gasteiger partial charge in [-0.05, 0) is 54.7 Å². The van der Waals surface area contributed by atoms with Gasteiger partial charge in [-0.25, -0.2) is 0 Å². The Balaban J connectivity index is 1.82. The van der Waals surface area contributed by atoms with Crippen LogP contribution < -0.4 is 0 Å². The fourth-order valence-corrected chi connectivity index (χ4v) is 3.00. The second-order valence-electron chi connectivity index (χ2n) is 6.31. The first-order valence-electron chi connectivity index (χ1n) is 8.39. The van der Waals surface area contributed by atoms with Crippen molar-refractivity contribution < 1.29 is 0 Å². The zero-order valence-electron chi connectivity index (χ0n) is 14.5. The number of aliphatic imine (C=N–C) groups is 1. The zero-order chi connectivity index (χ0) is 16.9. The van der Waals surface area contributed by atoms with Gasteiger partial charge in [0.15, 0.2) is 0 Å². The Morgan fingerprint density at radius 2 is 1.54 bits per heavy atom. The molecule has 1 atom stereocenters. The Morgan fingerprint density at radius 3 is 2.29 bits per heavy atom. The van der Waals surface area contributed by atoms with Crippen molar-refractivity contribution >= 4 is 6.21 Å². The Bertz CT molecular complexity index is 847. The monoisotopic (exact) mass is 313 g/mol. The minimum absolute atomic E-state index is 0.158. The molecule has 3 aromatic carbocycles. The standard InChI is InChI=1S/C23H23N/c1-17-12-13-23(18(2)14-17)19(3)24-16-20-8-7-11-22(15-20)21-9-5-4-6-10-21/h4-16,19H,1-3H3/b24-16+. The molecule has 0 aliphatic carbocycles. The third-order valence-electron chi connectivity index (χ3n) is 4.32. The minimum atomic E-state index is 0.158. The molecule has 0 saturated heterocycles. The maximum absolute atomic E-state index is 4.76. The van der Waals surface area contributed by atoms with Gasteiger partial charge in [0.25, 0.3) is 0 Å². The van der Waals surface area contributed by atoms with Crippen molar-refractivity contribution in [3.8, 4) is 11.1 Å². The predicted octanol–water partition coefficient (Wildman–Crippen LogP) is 6.15. The number of aryl methyl sites for hydroxylation is 2. The summed E-state index contributed by atoms with van der Waals surface area (Å²) < 4.78 is 0. The summed E-state index contributed by atoms with van der Waals surface area (Å²) in [7, 11) is 0. The molecule has 3 rings (SSSR count). The molecule has 0 saturated carbocycles. The van der Waals surface area contributed by atoms with E-state index in [2.05, 4.69) is 87.5 Å². The largest absolute Gasteiger partial charge is 0.285 e. The molecule has 0 heterocycles. The summed E-state index contributed by atoms with van der Waals surface area (Å²) in [5.74, 6) is 0. The van der Waals surface area contributed by atoms with Crippen LogP contribution in [0.5, 0.6) is 0 Å². The number of benzene rings is 3. The normalized spacial score (nSPS) is 12.5. The van der Waals surface area contributed by atoms with Crippen molar-refractivity contribution in [3.63, 3.8) is 0 Å². The summed E-state index contributed by atoms with van der Waals surface area (Å²) in [5, 5.41) is 0. The van der Waals surface area contributed by atoms with Crippen LogP contribution in [0.25, 0.3) is 11.1 Å². The van der Waals surface area contributed by atoms with E-state index in [-0.39, 0.29) is 6.04 Å². The van der Waals surface area contributed by atoms with Crippen molar-refractivity contribution in [2.75, 3.05) is 0 Å². The highest BCUT2D eigenvalue weighted by Crippen LogP contribution is 2.23. The third kappa shape index (κ3) is 3.80. The van der Waals surface area contributed by atoms with Crippen LogP contribution in [0.3, 0.4) is 0 Å². The molecule has 1 nitrogen and oxygen atoms in total. The Morgan fingerprint density at radius 1 is 0.792 bits per heavy atom. The quantitative estimate of drug-likeness (QED) is 0.512. The smallest absolute Gasteiger partial charge is 0.0723 e. The van der Waals surface area contributed by atoms with Gasteiger partial charge < -0.3 is 0 Å². The highest BCUT2D eigenvalue weighted by molar-refractivity contribution is 5.82. The van der Waals surface area contributed by atoms with Crippen molar-refractivity contribution in [2.45, 2.75) is 26.8 Å². The van der Waals surface area contributed by atoms with Crippen LogP contribution in [0.2, 0.25) is 0 Å².